The number of hydrogen-bond acceptors (Lipinski definition) is 3. The quantitative estimate of drug-likeness (QED) is 0.790. The van der Waals surface area contributed by atoms with Crippen LogP contribution in [0, 0.1) is 11.6 Å². The molecule has 1 N–H and O–H groups in total. The third-order valence-corrected chi connectivity index (χ3v) is 4.13. The number of rotatable bonds is 6. The molecule has 2 aromatic rings. The van der Waals surface area contributed by atoms with Gasteiger partial charge in [-0.1, -0.05) is 0 Å². The van der Waals surface area contributed by atoms with Crippen LogP contribution in [-0.2, 0) is 4.79 Å². The molecular formula is C17H17F2NO2S. The number of anilines is 1. The molecule has 0 aliphatic rings. The molecule has 1 amide bonds. The lowest BCUT2D eigenvalue weighted by Crippen LogP contribution is -2.22. The Hall–Kier alpha value is -2.08. The molecule has 0 bridgehead atoms. The molecule has 6 heteroatoms. The summed E-state index contributed by atoms with van der Waals surface area (Å²) in [5.74, 6) is -0.650. The third kappa shape index (κ3) is 4.96. The summed E-state index contributed by atoms with van der Waals surface area (Å²) in [6.07, 6.45) is 0. The van der Waals surface area contributed by atoms with E-state index in [2.05, 4.69) is 5.32 Å². The maximum atomic E-state index is 13.6. The van der Waals surface area contributed by atoms with Crippen LogP contribution in [-0.4, -0.2) is 17.8 Å². The SMILES string of the molecule is CCOc1ccc(NC(=O)[C@@H](C)Sc2cc(F)ccc2F)cc1. The number of thioether (sulfide) groups is 1. The molecular weight excluding hydrogens is 320 g/mol. The number of carbonyl (C=O) groups excluding carboxylic acids is 1. The van der Waals surface area contributed by atoms with Gasteiger partial charge >= 0.3 is 0 Å². The van der Waals surface area contributed by atoms with E-state index in [-0.39, 0.29) is 10.8 Å². The van der Waals surface area contributed by atoms with Crippen LogP contribution in [0.2, 0.25) is 0 Å². The zero-order chi connectivity index (χ0) is 16.8. The van der Waals surface area contributed by atoms with E-state index in [0.29, 0.717) is 12.3 Å². The minimum absolute atomic E-state index is 0.111. The second-order valence-electron chi connectivity index (χ2n) is 4.78. The summed E-state index contributed by atoms with van der Waals surface area (Å²) in [6.45, 7) is 4.09. The first-order valence-corrected chi connectivity index (χ1v) is 8.03. The number of ether oxygens (including phenoxy) is 1. The normalized spacial score (nSPS) is 11.8. The molecule has 0 aliphatic heterocycles. The first-order chi connectivity index (χ1) is 11.0. The first-order valence-electron chi connectivity index (χ1n) is 7.15. The Kier molecular flexibility index (Phi) is 5.98. The van der Waals surface area contributed by atoms with Crippen molar-refractivity contribution in [2.45, 2.75) is 24.0 Å². The highest BCUT2D eigenvalue weighted by Crippen LogP contribution is 2.27. The van der Waals surface area contributed by atoms with E-state index >= 15 is 0 Å². The molecule has 0 heterocycles. The topological polar surface area (TPSA) is 38.3 Å². The van der Waals surface area contributed by atoms with Crippen LogP contribution in [0.1, 0.15) is 13.8 Å². The van der Waals surface area contributed by atoms with Crippen LogP contribution >= 0.6 is 11.8 Å². The number of benzene rings is 2. The summed E-state index contributed by atoms with van der Waals surface area (Å²) < 4.78 is 32.1. The van der Waals surface area contributed by atoms with E-state index in [1.807, 2.05) is 6.92 Å². The predicted molar refractivity (Wildman–Crippen MR) is 87.9 cm³/mol. The maximum Gasteiger partial charge on any atom is 0.237 e. The molecule has 23 heavy (non-hydrogen) atoms. The highest BCUT2D eigenvalue weighted by molar-refractivity contribution is 8.00. The molecule has 0 unspecified atom stereocenters. The van der Waals surface area contributed by atoms with Crippen molar-refractivity contribution in [3.8, 4) is 5.75 Å². The van der Waals surface area contributed by atoms with Crippen LogP contribution in [0.4, 0.5) is 14.5 Å². The van der Waals surface area contributed by atoms with Gasteiger partial charge in [0.1, 0.15) is 17.4 Å². The molecule has 0 aromatic heterocycles. The largest absolute Gasteiger partial charge is 0.494 e. The molecule has 0 fully saturated rings. The summed E-state index contributed by atoms with van der Waals surface area (Å²) >= 11 is 0.971. The van der Waals surface area contributed by atoms with Gasteiger partial charge in [-0.2, -0.15) is 0 Å². The fraction of sp³-hybridized carbons (Fsp3) is 0.235. The number of halogens is 2. The molecule has 122 valence electrons. The Morgan fingerprint density at radius 2 is 1.91 bits per heavy atom. The number of carbonyl (C=O) groups is 1. The minimum Gasteiger partial charge on any atom is -0.494 e. The van der Waals surface area contributed by atoms with Crippen LogP contribution in [0.5, 0.6) is 5.75 Å². The standard InChI is InChI=1S/C17H17F2NO2S/c1-3-22-14-7-5-13(6-8-14)20-17(21)11(2)23-16-10-12(18)4-9-15(16)19/h4-11H,3H2,1-2H3,(H,20,21)/t11-/m1/s1. The lowest BCUT2D eigenvalue weighted by molar-refractivity contribution is -0.115. The summed E-state index contributed by atoms with van der Waals surface area (Å²) in [5, 5.41) is 2.16. The van der Waals surface area contributed by atoms with Crippen LogP contribution in [0.25, 0.3) is 0 Å². The lowest BCUT2D eigenvalue weighted by atomic mass is 10.3. The van der Waals surface area contributed by atoms with Gasteiger partial charge in [-0.25, -0.2) is 8.78 Å². The molecule has 0 saturated carbocycles. The van der Waals surface area contributed by atoms with E-state index in [0.717, 1.165) is 35.7 Å². The average Bonchev–Trinajstić information content (AvgIpc) is 2.53. The minimum atomic E-state index is -0.571. The van der Waals surface area contributed by atoms with Crippen molar-refractivity contribution in [3.05, 3.63) is 54.1 Å². The molecule has 0 saturated heterocycles. The fourth-order valence-electron chi connectivity index (χ4n) is 1.86. The summed E-state index contributed by atoms with van der Waals surface area (Å²) in [5.41, 5.74) is 0.616. The van der Waals surface area contributed by atoms with Crippen molar-refractivity contribution >= 4 is 23.4 Å². The van der Waals surface area contributed by atoms with Gasteiger partial charge in [-0.3, -0.25) is 4.79 Å². The molecule has 3 nitrogen and oxygen atoms in total. The van der Waals surface area contributed by atoms with Gasteiger partial charge in [0.05, 0.1) is 11.9 Å². The van der Waals surface area contributed by atoms with Crippen molar-refractivity contribution in [2.24, 2.45) is 0 Å². The number of amides is 1. The molecule has 0 spiro atoms. The van der Waals surface area contributed by atoms with Gasteiger partial charge in [0.25, 0.3) is 0 Å². The second kappa shape index (κ2) is 7.97. The van der Waals surface area contributed by atoms with E-state index in [1.165, 1.54) is 0 Å². The van der Waals surface area contributed by atoms with Gasteiger partial charge in [0, 0.05) is 10.6 Å². The van der Waals surface area contributed by atoms with Crippen LogP contribution in [0.15, 0.2) is 47.4 Å². The summed E-state index contributed by atoms with van der Waals surface area (Å²) in [4.78, 5) is 12.3. The molecule has 2 rings (SSSR count). The van der Waals surface area contributed by atoms with Crippen molar-refractivity contribution < 1.29 is 18.3 Å². The fourth-order valence-corrected chi connectivity index (χ4v) is 2.76. The number of nitrogens with one attached hydrogen (secondary N) is 1. The molecule has 1 atom stereocenters. The van der Waals surface area contributed by atoms with E-state index in [1.54, 1.807) is 31.2 Å². The monoisotopic (exact) mass is 337 g/mol. The zero-order valence-electron chi connectivity index (χ0n) is 12.8. The van der Waals surface area contributed by atoms with Gasteiger partial charge in [-0.15, -0.1) is 11.8 Å². The first kappa shape index (κ1) is 17.3. The lowest BCUT2D eigenvalue weighted by Gasteiger charge is -2.13. The third-order valence-electron chi connectivity index (χ3n) is 3.00. The Bertz CT molecular complexity index is 677. The number of hydrogen-bond donors (Lipinski definition) is 1. The molecule has 2 aromatic carbocycles. The summed E-state index contributed by atoms with van der Waals surface area (Å²) in [6, 6.07) is 10.1. The van der Waals surface area contributed by atoms with Gasteiger partial charge < -0.3 is 10.1 Å². The van der Waals surface area contributed by atoms with Crippen molar-refractivity contribution in [1.29, 1.82) is 0 Å². The summed E-state index contributed by atoms with van der Waals surface area (Å²) in [7, 11) is 0. The second-order valence-corrected chi connectivity index (χ2v) is 6.16. The van der Waals surface area contributed by atoms with E-state index in [9.17, 15) is 13.6 Å². The van der Waals surface area contributed by atoms with Crippen LogP contribution < -0.4 is 10.1 Å². The molecule has 0 radical (unpaired) electrons. The Labute approximate surface area is 138 Å². The van der Waals surface area contributed by atoms with Crippen LogP contribution in [0.3, 0.4) is 0 Å². The van der Waals surface area contributed by atoms with E-state index < -0.39 is 16.9 Å². The van der Waals surface area contributed by atoms with Gasteiger partial charge in [0.15, 0.2) is 0 Å². The van der Waals surface area contributed by atoms with Crippen molar-refractivity contribution in [3.63, 3.8) is 0 Å². The van der Waals surface area contributed by atoms with Gasteiger partial charge in [0.2, 0.25) is 5.91 Å². The highest BCUT2D eigenvalue weighted by atomic mass is 32.2. The Balaban J connectivity index is 1.98. The average molecular weight is 337 g/mol. The highest BCUT2D eigenvalue weighted by Gasteiger charge is 2.17. The van der Waals surface area contributed by atoms with Gasteiger partial charge in [-0.05, 0) is 56.3 Å². The Morgan fingerprint density at radius 3 is 2.57 bits per heavy atom. The van der Waals surface area contributed by atoms with Crippen molar-refractivity contribution in [1.82, 2.24) is 0 Å². The predicted octanol–water partition coefficient (Wildman–Crippen LogP) is 4.48. The smallest absolute Gasteiger partial charge is 0.237 e. The molecule has 0 aliphatic carbocycles. The zero-order valence-corrected chi connectivity index (χ0v) is 13.6. The Morgan fingerprint density at radius 1 is 1.22 bits per heavy atom. The maximum absolute atomic E-state index is 13.6. The van der Waals surface area contributed by atoms with E-state index in [4.69, 9.17) is 4.74 Å². The van der Waals surface area contributed by atoms with Crippen molar-refractivity contribution in [2.75, 3.05) is 11.9 Å².